The Morgan fingerprint density at radius 1 is 0.881 bits per heavy atom. The fourth-order valence-corrected chi connectivity index (χ4v) is 6.21. The predicted octanol–water partition coefficient (Wildman–Crippen LogP) is 6.18. The Hall–Kier alpha value is -4.50. The van der Waals surface area contributed by atoms with Crippen LogP contribution in [0.3, 0.4) is 0 Å². The van der Waals surface area contributed by atoms with Crippen molar-refractivity contribution in [3.63, 3.8) is 0 Å². The third-order valence-electron chi connectivity index (χ3n) is 7.27. The van der Waals surface area contributed by atoms with E-state index < -0.39 is 34.3 Å². The van der Waals surface area contributed by atoms with Gasteiger partial charge in [0.15, 0.2) is 0 Å². The average molecular weight is 584 g/mol. The number of aliphatic carboxylic acids is 1. The first kappa shape index (κ1) is 29.0. The Labute approximate surface area is 248 Å². The van der Waals surface area contributed by atoms with Crippen LogP contribution >= 0.6 is 11.3 Å². The molecule has 9 heteroatoms. The summed E-state index contributed by atoms with van der Waals surface area (Å²) >= 11 is 1.19. The third kappa shape index (κ3) is 5.39. The van der Waals surface area contributed by atoms with E-state index in [1.54, 1.807) is 20.8 Å². The van der Waals surface area contributed by atoms with Gasteiger partial charge in [0, 0.05) is 12.8 Å². The summed E-state index contributed by atoms with van der Waals surface area (Å²) < 4.78 is 5.54. The smallest absolute Gasteiger partial charge is 0.360 e. The molecule has 216 valence electrons. The molecule has 42 heavy (non-hydrogen) atoms. The highest BCUT2D eigenvalue weighted by atomic mass is 32.1. The number of nitrogen functional groups attached to an aromatic ring is 1. The van der Waals surface area contributed by atoms with Gasteiger partial charge in [-0.3, -0.25) is 0 Å². The summed E-state index contributed by atoms with van der Waals surface area (Å²) in [4.78, 5) is 36.0. The molecule has 5 rings (SSSR count). The zero-order chi connectivity index (χ0) is 30.0. The number of anilines is 1. The van der Waals surface area contributed by atoms with Crippen molar-refractivity contribution in [2.75, 3.05) is 5.73 Å². The molecule has 1 heterocycles. The fourth-order valence-electron chi connectivity index (χ4n) is 5.12. The first-order valence-electron chi connectivity index (χ1n) is 13.7. The number of carboxylic acid groups (broad SMARTS) is 1. The van der Waals surface area contributed by atoms with E-state index in [2.05, 4.69) is 5.16 Å². The van der Waals surface area contributed by atoms with Crippen molar-refractivity contribution in [1.82, 2.24) is 4.98 Å². The number of nitrogens with zero attached hydrogens (tertiary/aromatic N) is 2. The summed E-state index contributed by atoms with van der Waals surface area (Å²) in [5, 5.41) is 14.9. The number of carbonyl (C=O) groups is 2. The summed E-state index contributed by atoms with van der Waals surface area (Å²) in [7, 11) is 0. The van der Waals surface area contributed by atoms with Crippen molar-refractivity contribution >= 4 is 34.0 Å². The summed E-state index contributed by atoms with van der Waals surface area (Å²) in [5.74, 6) is -1.94. The van der Waals surface area contributed by atoms with Crippen LogP contribution < -0.4 is 5.73 Å². The van der Waals surface area contributed by atoms with Gasteiger partial charge < -0.3 is 20.4 Å². The minimum Gasteiger partial charge on any atom is -0.476 e. The van der Waals surface area contributed by atoms with Crippen LogP contribution in [0.25, 0.3) is 0 Å². The minimum absolute atomic E-state index is 0.0201. The van der Waals surface area contributed by atoms with E-state index in [0.717, 1.165) is 23.1 Å². The van der Waals surface area contributed by atoms with Gasteiger partial charge in [0.2, 0.25) is 11.3 Å². The topological polar surface area (TPSA) is 124 Å². The number of hydrogen-bond acceptors (Lipinski definition) is 8. The van der Waals surface area contributed by atoms with Gasteiger partial charge in [-0.2, -0.15) is 0 Å². The Morgan fingerprint density at radius 2 is 1.36 bits per heavy atom. The Balaban J connectivity index is 1.66. The maximum absolute atomic E-state index is 13.0. The van der Waals surface area contributed by atoms with Crippen LogP contribution in [-0.4, -0.2) is 38.9 Å². The van der Waals surface area contributed by atoms with E-state index in [4.69, 9.17) is 20.3 Å². The standard InChI is InChI=1S/C33H33N3O5S/c1-31(2,3)40-30(39)32(20-13-21-32)41-36-26(28(37)38)25-27(34)42-29(35-25)33(22-14-7-4-8-15-22,23-16-9-5-10-17-23)24-18-11-6-12-19-24/h4-12,14-19H,13,20-21,34H2,1-3H3,(H,37,38). The van der Waals surface area contributed by atoms with Gasteiger partial charge in [-0.25, -0.2) is 14.6 Å². The second-order valence-corrected chi connectivity index (χ2v) is 12.3. The molecule has 0 amide bonds. The first-order chi connectivity index (χ1) is 20.1. The SMILES string of the molecule is CC(C)(C)OC(=O)C1(ON=C(C(=O)O)c2nc(C(c3ccccc3)(c3ccccc3)c3ccccc3)sc2N)CCC1. The monoisotopic (exact) mass is 583 g/mol. The molecular weight excluding hydrogens is 550 g/mol. The maximum Gasteiger partial charge on any atom is 0.360 e. The summed E-state index contributed by atoms with van der Waals surface area (Å²) in [5.41, 5.74) is 5.83. The van der Waals surface area contributed by atoms with Gasteiger partial charge in [0.1, 0.15) is 21.3 Å². The van der Waals surface area contributed by atoms with Crippen LogP contribution in [0.5, 0.6) is 0 Å². The maximum atomic E-state index is 13.0. The number of rotatable bonds is 9. The highest BCUT2D eigenvalue weighted by Gasteiger charge is 2.51. The lowest BCUT2D eigenvalue weighted by atomic mass is 9.70. The molecule has 4 aromatic rings. The van der Waals surface area contributed by atoms with Crippen molar-refractivity contribution < 1.29 is 24.3 Å². The molecule has 1 aliphatic rings. The average Bonchev–Trinajstić information content (AvgIpc) is 3.32. The first-order valence-corrected chi connectivity index (χ1v) is 14.6. The lowest BCUT2D eigenvalue weighted by molar-refractivity contribution is -0.196. The quantitative estimate of drug-likeness (QED) is 0.104. The number of ether oxygens (including phenoxy) is 1. The zero-order valence-corrected chi connectivity index (χ0v) is 24.6. The molecule has 3 aromatic carbocycles. The largest absolute Gasteiger partial charge is 0.476 e. The number of carbonyl (C=O) groups excluding carboxylic acids is 1. The second kappa shape index (κ2) is 11.4. The van der Waals surface area contributed by atoms with E-state index in [0.29, 0.717) is 17.8 Å². The number of esters is 1. The van der Waals surface area contributed by atoms with Gasteiger partial charge in [-0.05, 0) is 43.9 Å². The number of benzene rings is 3. The van der Waals surface area contributed by atoms with Gasteiger partial charge in [0.05, 0.1) is 5.41 Å². The molecular formula is C33H33N3O5S. The normalized spacial score (nSPS) is 15.0. The van der Waals surface area contributed by atoms with E-state index in [9.17, 15) is 14.7 Å². The number of oxime groups is 1. The summed E-state index contributed by atoms with van der Waals surface area (Å²) in [6.45, 7) is 5.29. The molecule has 0 aliphatic heterocycles. The Kier molecular flexibility index (Phi) is 7.88. The highest BCUT2D eigenvalue weighted by molar-refractivity contribution is 7.16. The van der Waals surface area contributed by atoms with E-state index >= 15 is 0 Å². The van der Waals surface area contributed by atoms with Crippen molar-refractivity contribution in [2.24, 2.45) is 5.16 Å². The Morgan fingerprint density at radius 3 is 1.74 bits per heavy atom. The Bertz CT molecular complexity index is 1490. The van der Waals surface area contributed by atoms with Crippen LogP contribution in [0.1, 0.15) is 67.4 Å². The number of hydrogen-bond donors (Lipinski definition) is 2. The molecule has 1 aliphatic carbocycles. The number of thiazole rings is 1. The minimum atomic E-state index is -1.37. The molecule has 0 bridgehead atoms. The van der Waals surface area contributed by atoms with Crippen LogP contribution in [0, 0.1) is 0 Å². The van der Waals surface area contributed by atoms with Crippen molar-refractivity contribution in [3.05, 3.63) is 118 Å². The van der Waals surface area contributed by atoms with Gasteiger partial charge in [0.25, 0.3) is 0 Å². The van der Waals surface area contributed by atoms with Crippen molar-refractivity contribution in [2.45, 2.75) is 56.7 Å². The molecule has 0 unspecified atom stereocenters. The van der Waals surface area contributed by atoms with Gasteiger partial charge >= 0.3 is 11.9 Å². The van der Waals surface area contributed by atoms with E-state index in [1.165, 1.54) is 11.3 Å². The van der Waals surface area contributed by atoms with Crippen LogP contribution in [0.4, 0.5) is 5.00 Å². The second-order valence-electron chi connectivity index (χ2n) is 11.3. The molecule has 0 atom stereocenters. The molecule has 8 nitrogen and oxygen atoms in total. The number of nitrogens with two attached hydrogens (primary N) is 1. The molecule has 1 aromatic heterocycles. The van der Waals surface area contributed by atoms with Gasteiger partial charge in [-0.1, -0.05) is 107 Å². The number of aromatic nitrogens is 1. The number of carboxylic acids is 1. The fraction of sp³-hybridized carbons (Fsp3) is 0.273. The molecule has 0 saturated heterocycles. The van der Waals surface area contributed by atoms with E-state index in [1.807, 2.05) is 91.0 Å². The van der Waals surface area contributed by atoms with Crippen molar-refractivity contribution in [3.8, 4) is 0 Å². The predicted molar refractivity (Wildman–Crippen MR) is 163 cm³/mol. The molecule has 0 spiro atoms. The van der Waals surface area contributed by atoms with Crippen LogP contribution in [-0.2, 0) is 24.6 Å². The van der Waals surface area contributed by atoms with Crippen LogP contribution in [0.2, 0.25) is 0 Å². The molecule has 1 fully saturated rings. The third-order valence-corrected chi connectivity index (χ3v) is 8.27. The zero-order valence-electron chi connectivity index (χ0n) is 23.7. The highest BCUT2D eigenvalue weighted by Crippen LogP contribution is 2.47. The summed E-state index contributed by atoms with van der Waals surface area (Å²) in [6.07, 6.45) is 1.47. The van der Waals surface area contributed by atoms with Crippen molar-refractivity contribution in [1.29, 1.82) is 0 Å². The lowest BCUT2D eigenvalue weighted by Gasteiger charge is -2.38. The lowest BCUT2D eigenvalue weighted by Crippen LogP contribution is -2.50. The van der Waals surface area contributed by atoms with Crippen LogP contribution in [0.15, 0.2) is 96.2 Å². The van der Waals surface area contributed by atoms with Gasteiger partial charge in [-0.15, -0.1) is 0 Å². The molecule has 3 N–H and O–H groups in total. The molecule has 1 saturated carbocycles. The van der Waals surface area contributed by atoms with E-state index in [-0.39, 0.29) is 10.7 Å². The molecule has 0 radical (unpaired) electrons. The summed E-state index contributed by atoms with van der Waals surface area (Å²) in [6, 6.07) is 29.7.